The predicted octanol–water partition coefficient (Wildman–Crippen LogP) is 1.40. The zero-order valence-corrected chi connectivity index (χ0v) is 13.2. The van der Waals surface area contributed by atoms with Crippen LogP contribution in [0.1, 0.15) is 11.1 Å². The highest BCUT2D eigenvalue weighted by molar-refractivity contribution is 5.87. The second-order valence-corrected chi connectivity index (χ2v) is 5.08. The normalized spacial score (nSPS) is 10.4. The summed E-state index contributed by atoms with van der Waals surface area (Å²) >= 11 is 0. The number of carbonyl (C=O) groups excluding carboxylic acids is 2. The Morgan fingerprint density at radius 2 is 1.72 bits per heavy atom. The molecule has 0 aliphatic rings. The number of benzene rings is 2. The number of non-ortho nitro benzene ring substituents is 1. The van der Waals surface area contributed by atoms with E-state index in [1.54, 1.807) is 0 Å². The predicted molar refractivity (Wildman–Crippen MR) is 92.0 cm³/mol. The molecule has 0 atom stereocenters. The topological polar surface area (TPSA) is 114 Å². The van der Waals surface area contributed by atoms with E-state index >= 15 is 0 Å². The van der Waals surface area contributed by atoms with Gasteiger partial charge in [-0.3, -0.25) is 19.7 Å². The number of carbonyl (C=O) groups is 2. The lowest BCUT2D eigenvalue weighted by Crippen LogP contribution is -2.35. The van der Waals surface area contributed by atoms with Crippen LogP contribution in [0, 0.1) is 10.1 Å². The molecular formula is C17H16N4O4. The van der Waals surface area contributed by atoms with Crippen molar-refractivity contribution in [3.8, 4) is 0 Å². The monoisotopic (exact) mass is 340 g/mol. The van der Waals surface area contributed by atoms with E-state index in [1.807, 2.05) is 30.3 Å². The number of nitrogens with one attached hydrogen (secondary N) is 2. The fourth-order valence-electron chi connectivity index (χ4n) is 1.92. The summed E-state index contributed by atoms with van der Waals surface area (Å²) in [6.45, 7) is -0.191. The molecule has 0 aromatic heterocycles. The van der Waals surface area contributed by atoms with Crippen molar-refractivity contribution < 1.29 is 14.5 Å². The van der Waals surface area contributed by atoms with Crippen LogP contribution in [0.5, 0.6) is 0 Å². The smallest absolute Gasteiger partial charge is 0.269 e. The van der Waals surface area contributed by atoms with Crippen LogP contribution in [0.25, 0.3) is 0 Å². The lowest BCUT2D eigenvalue weighted by molar-refractivity contribution is -0.384. The van der Waals surface area contributed by atoms with E-state index in [0.717, 1.165) is 5.56 Å². The van der Waals surface area contributed by atoms with Gasteiger partial charge in [-0.2, -0.15) is 5.10 Å². The average Bonchev–Trinajstić information content (AvgIpc) is 2.61. The van der Waals surface area contributed by atoms with Gasteiger partial charge in [-0.05, 0) is 23.3 Å². The molecule has 0 spiro atoms. The van der Waals surface area contributed by atoms with Crippen molar-refractivity contribution in [1.29, 1.82) is 0 Å². The first-order valence-electron chi connectivity index (χ1n) is 7.41. The number of hydrazone groups is 1. The van der Waals surface area contributed by atoms with Crippen molar-refractivity contribution in [2.75, 3.05) is 6.54 Å². The molecule has 0 bridgehead atoms. The third-order valence-corrected chi connectivity index (χ3v) is 3.16. The van der Waals surface area contributed by atoms with Gasteiger partial charge in [-0.25, -0.2) is 5.43 Å². The number of hydrogen-bond donors (Lipinski definition) is 2. The van der Waals surface area contributed by atoms with Gasteiger partial charge in [0, 0.05) is 12.1 Å². The van der Waals surface area contributed by atoms with Gasteiger partial charge in [0.25, 0.3) is 11.6 Å². The SMILES string of the molecule is O=C(Cc1ccccc1)NCC(=O)NN=Cc1ccc([N+](=O)[O-])cc1. The standard InChI is InChI=1S/C17H16N4O4/c22-16(10-13-4-2-1-3-5-13)18-12-17(23)20-19-11-14-6-8-15(9-7-14)21(24)25/h1-9,11H,10,12H2,(H,18,22)(H,20,23). The first kappa shape index (κ1) is 17.8. The maximum atomic E-state index is 11.7. The molecule has 0 saturated carbocycles. The summed E-state index contributed by atoms with van der Waals surface area (Å²) in [7, 11) is 0. The van der Waals surface area contributed by atoms with Gasteiger partial charge in [-0.1, -0.05) is 30.3 Å². The van der Waals surface area contributed by atoms with Crippen LogP contribution in [0.4, 0.5) is 5.69 Å². The fourth-order valence-corrected chi connectivity index (χ4v) is 1.92. The molecule has 2 N–H and O–H groups in total. The fraction of sp³-hybridized carbons (Fsp3) is 0.118. The molecular weight excluding hydrogens is 324 g/mol. The number of hydrogen-bond acceptors (Lipinski definition) is 5. The van der Waals surface area contributed by atoms with Crippen molar-refractivity contribution in [3.05, 3.63) is 75.8 Å². The van der Waals surface area contributed by atoms with Crippen LogP contribution in [0.15, 0.2) is 59.7 Å². The highest BCUT2D eigenvalue weighted by atomic mass is 16.6. The molecule has 8 heteroatoms. The zero-order valence-electron chi connectivity index (χ0n) is 13.2. The Kier molecular flexibility index (Phi) is 6.35. The minimum absolute atomic E-state index is 0.0256. The first-order valence-corrected chi connectivity index (χ1v) is 7.41. The first-order chi connectivity index (χ1) is 12.0. The molecule has 2 aromatic rings. The largest absolute Gasteiger partial charge is 0.347 e. The molecule has 0 aliphatic carbocycles. The van der Waals surface area contributed by atoms with Gasteiger partial charge in [-0.15, -0.1) is 0 Å². The lowest BCUT2D eigenvalue weighted by Gasteiger charge is -2.04. The number of nitro benzene ring substituents is 1. The van der Waals surface area contributed by atoms with Crippen molar-refractivity contribution in [3.63, 3.8) is 0 Å². The highest BCUT2D eigenvalue weighted by Gasteiger charge is 2.06. The van der Waals surface area contributed by atoms with E-state index in [9.17, 15) is 19.7 Å². The van der Waals surface area contributed by atoms with E-state index in [4.69, 9.17) is 0 Å². The third kappa shape index (κ3) is 6.22. The summed E-state index contributed by atoms with van der Waals surface area (Å²) in [6.07, 6.45) is 1.55. The van der Waals surface area contributed by atoms with Crippen LogP contribution in [-0.4, -0.2) is 29.5 Å². The second kappa shape index (κ2) is 8.92. The molecule has 0 saturated heterocycles. The van der Waals surface area contributed by atoms with Crippen molar-refractivity contribution >= 4 is 23.7 Å². The number of nitrogens with zero attached hydrogens (tertiary/aromatic N) is 2. The lowest BCUT2D eigenvalue weighted by atomic mass is 10.1. The molecule has 0 aliphatic heterocycles. The summed E-state index contributed by atoms with van der Waals surface area (Å²) in [5, 5.41) is 16.8. The summed E-state index contributed by atoms with van der Waals surface area (Å²) in [4.78, 5) is 33.4. The van der Waals surface area contributed by atoms with E-state index in [0.29, 0.717) is 5.56 Å². The third-order valence-electron chi connectivity index (χ3n) is 3.16. The second-order valence-electron chi connectivity index (χ2n) is 5.08. The van der Waals surface area contributed by atoms with E-state index in [1.165, 1.54) is 30.5 Å². The van der Waals surface area contributed by atoms with Crippen LogP contribution in [0.3, 0.4) is 0 Å². The Balaban J connectivity index is 1.73. The molecule has 0 fully saturated rings. The Bertz CT molecular complexity index is 773. The van der Waals surface area contributed by atoms with Gasteiger partial charge in [0.1, 0.15) is 0 Å². The molecule has 2 aromatic carbocycles. The Morgan fingerprint density at radius 1 is 1.04 bits per heavy atom. The molecule has 0 heterocycles. The van der Waals surface area contributed by atoms with Crippen LogP contribution < -0.4 is 10.7 Å². The van der Waals surface area contributed by atoms with Crippen molar-refractivity contribution in [1.82, 2.24) is 10.7 Å². The van der Waals surface area contributed by atoms with Gasteiger partial charge in [0.15, 0.2) is 0 Å². The summed E-state index contributed by atoms with van der Waals surface area (Å²) in [5.41, 5.74) is 3.70. The minimum atomic E-state index is -0.499. The number of nitro groups is 1. The summed E-state index contributed by atoms with van der Waals surface area (Å²) in [5.74, 6) is -0.736. The van der Waals surface area contributed by atoms with Gasteiger partial charge in [0.2, 0.25) is 5.91 Å². The van der Waals surface area contributed by atoms with Gasteiger partial charge in [0.05, 0.1) is 24.1 Å². The molecule has 2 amide bonds. The van der Waals surface area contributed by atoms with Crippen LogP contribution in [-0.2, 0) is 16.0 Å². The Hall–Kier alpha value is -3.55. The molecule has 8 nitrogen and oxygen atoms in total. The van der Waals surface area contributed by atoms with E-state index in [2.05, 4.69) is 15.8 Å². The Labute approximate surface area is 143 Å². The maximum absolute atomic E-state index is 11.7. The Morgan fingerprint density at radius 3 is 2.36 bits per heavy atom. The van der Waals surface area contributed by atoms with Crippen molar-refractivity contribution in [2.45, 2.75) is 6.42 Å². The average molecular weight is 340 g/mol. The molecule has 128 valence electrons. The number of rotatable bonds is 7. The maximum Gasteiger partial charge on any atom is 0.269 e. The van der Waals surface area contributed by atoms with E-state index in [-0.39, 0.29) is 24.6 Å². The van der Waals surface area contributed by atoms with Crippen LogP contribution in [0.2, 0.25) is 0 Å². The zero-order chi connectivity index (χ0) is 18.1. The van der Waals surface area contributed by atoms with Crippen LogP contribution >= 0.6 is 0 Å². The van der Waals surface area contributed by atoms with Gasteiger partial charge < -0.3 is 5.32 Å². The molecule has 0 unspecified atom stereocenters. The quantitative estimate of drug-likeness (QED) is 0.450. The van der Waals surface area contributed by atoms with Crippen molar-refractivity contribution in [2.24, 2.45) is 5.10 Å². The summed E-state index contributed by atoms with van der Waals surface area (Å²) in [6, 6.07) is 14.9. The van der Waals surface area contributed by atoms with Gasteiger partial charge >= 0.3 is 0 Å². The minimum Gasteiger partial charge on any atom is -0.347 e. The molecule has 2 rings (SSSR count). The number of amides is 2. The van der Waals surface area contributed by atoms with E-state index < -0.39 is 10.8 Å². The highest BCUT2D eigenvalue weighted by Crippen LogP contribution is 2.10. The summed E-state index contributed by atoms with van der Waals surface area (Å²) < 4.78 is 0. The molecule has 0 radical (unpaired) electrons. The molecule has 25 heavy (non-hydrogen) atoms.